The number of anilines is 2. The highest BCUT2D eigenvalue weighted by molar-refractivity contribution is 6.08. The second kappa shape index (κ2) is 33.7. The van der Waals surface area contributed by atoms with E-state index in [1.807, 2.05) is 111 Å². The predicted molar refractivity (Wildman–Crippen MR) is 275 cm³/mol. The lowest BCUT2D eigenvalue weighted by Crippen LogP contribution is -2.18. The van der Waals surface area contributed by atoms with Crippen molar-refractivity contribution in [3.05, 3.63) is 157 Å². The summed E-state index contributed by atoms with van der Waals surface area (Å²) >= 11 is 0. The van der Waals surface area contributed by atoms with Gasteiger partial charge < -0.3 is 14.0 Å². The molecule has 0 saturated carbocycles. The summed E-state index contributed by atoms with van der Waals surface area (Å²) in [6, 6.07) is 51.3. The van der Waals surface area contributed by atoms with Crippen molar-refractivity contribution in [3.8, 4) is 0 Å². The van der Waals surface area contributed by atoms with Gasteiger partial charge in [-0.05, 0) is 47.5 Å². The first-order valence-electron chi connectivity index (χ1n) is 22.9. The lowest BCUT2D eigenvalue weighted by molar-refractivity contribution is 1.01. The zero-order chi connectivity index (χ0) is 45.3. The van der Waals surface area contributed by atoms with E-state index < -0.39 is 0 Å². The molecule has 8 aromatic rings. The van der Waals surface area contributed by atoms with Gasteiger partial charge in [-0.2, -0.15) is 0 Å². The Morgan fingerprint density at radius 2 is 0.475 bits per heavy atom. The first-order valence-corrected chi connectivity index (χ1v) is 22.9. The maximum atomic E-state index is 2.27. The van der Waals surface area contributed by atoms with E-state index >= 15 is 0 Å². The summed E-state index contributed by atoms with van der Waals surface area (Å²) in [4.78, 5) is 2.27. The molecule has 3 heterocycles. The van der Waals surface area contributed by atoms with Gasteiger partial charge in [0.25, 0.3) is 0 Å². The van der Waals surface area contributed by atoms with Gasteiger partial charge in [0.15, 0.2) is 0 Å². The summed E-state index contributed by atoms with van der Waals surface area (Å²) in [5, 5.41) is 5.35. The summed E-state index contributed by atoms with van der Waals surface area (Å²) in [6.07, 6.45) is 1.05. The molecule has 0 unspecified atom stereocenters. The van der Waals surface area contributed by atoms with Gasteiger partial charge in [-0.15, -0.1) is 0 Å². The van der Waals surface area contributed by atoms with E-state index in [1.54, 1.807) is 0 Å². The van der Waals surface area contributed by atoms with Crippen molar-refractivity contribution in [3.63, 3.8) is 0 Å². The number of rotatable bonds is 0. The molecule has 0 bridgehead atoms. The minimum absolute atomic E-state index is 1.05. The second-order valence-corrected chi connectivity index (χ2v) is 11.2. The highest BCUT2D eigenvalue weighted by Crippen LogP contribution is 2.36. The van der Waals surface area contributed by atoms with Crippen LogP contribution in [0.15, 0.2) is 146 Å². The molecule has 0 aliphatic carbocycles. The number of nitrogens with zero attached hydrogens (tertiary/aromatic N) is 3. The van der Waals surface area contributed by atoms with E-state index in [-0.39, 0.29) is 0 Å². The number of hydrogen-bond donors (Lipinski definition) is 0. The molecular formula is C56H83N3. The van der Waals surface area contributed by atoms with E-state index in [0.29, 0.717) is 0 Å². The number of benzene rings is 6. The molecule has 0 atom stereocenters. The molecule has 0 fully saturated rings. The smallest absolute Gasteiger partial charge is 0.0488 e. The lowest BCUT2D eigenvalue weighted by atomic mass is 9.96. The van der Waals surface area contributed by atoms with Crippen molar-refractivity contribution >= 4 is 55.0 Å². The third-order valence-corrected chi connectivity index (χ3v) is 8.73. The zero-order valence-electron chi connectivity index (χ0n) is 40.9. The molecule has 1 aliphatic heterocycles. The fraction of sp³-hybridized carbons (Fsp3) is 0.357. The van der Waals surface area contributed by atoms with Gasteiger partial charge >= 0.3 is 0 Å². The fourth-order valence-corrected chi connectivity index (χ4v) is 6.55. The molecule has 0 amide bonds. The van der Waals surface area contributed by atoms with Crippen LogP contribution in [-0.2, 0) is 20.5 Å². The highest BCUT2D eigenvalue weighted by Gasteiger charge is 2.18. The SMILES string of the molecule is CC.CC.CC.CC.CC.CC.CC.CC.CN1c2ccccc2Cc2ccccc21.Cn1c2ccccc2c2ccccc21.Cn1c2ccccc2c2ccccc21. The average molecular weight is 798 g/mol. The van der Waals surface area contributed by atoms with E-state index in [2.05, 4.69) is 181 Å². The number of fused-ring (bicyclic) bond motifs is 8. The van der Waals surface area contributed by atoms with E-state index in [0.717, 1.165) is 6.42 Å². The molecular weight excluding hydrogens is 715 g/mol. The van der Waals surface area contributed by atoms with Crippen LogP contribution in [0, 0.1) is 0 Å². The summed E-state index contributed by atoms with van der Waals surface area (Å²) in [5.74, 6) is 0. The molecule has 1 aliphatic rings. The quantitative estimate of drug-likeness (QED) is 0.149. The first-order chi connectivity index (χ1) is 29.1. The Labute approximate surface area is 362 Å². The van der Waals surface area contributed by atoms with Crippen molar-refractivity contribution in [1.82, 2.24) is 9.13 Å². The molecule has 0 radical (unpaired) electrons. The van der Waals surface area contributed by atoms with E-state index in [4.69, 9.17) is 0 Å². The number of aromatic nitrogens is 2. The average Bonchev–Trinajstić information content (AvgIpc) is 3.82. The Morgan fingerprint density at radius 1 is 0.271 bits per heavy atom. The molecule has 0 saturated heterocycles. The molecule has 0 N–H and O–H groups in total. The molecule has 59 heavy (non-hydrogen) atoms. The van der Waals surface area contributed by atoms with Crippen LogP contribution in [-0.4, -0.2) is 16.2 Å². The Hall–Kier alpha value is -5.28. The Kier molecular flexibility index (Phi) is 31.9. The normalized spacial score (nSPS) is 9.51. The van der Waals surface area contributed by atoms with Crippen LogP contribution in [0.3, 0.4) is 0 Å². The molecule has 3 heteroatoms. The maximum absolute atomic E-state index is 2.27. The number of para-hydroxylation sites is 6. The minimum atomic E-state index is 1.05. The van der Waals surface area contributed by atoms with Crippen LogP contribution in [0.4, 0.5) is 11.4 Å². The van der Waals surface area contributed by atoms with Gasteiger partial charge in [0, 0.05) is 82.6 Å². The van der Waals surface area contributed by atoms with Gasteiger partial charge in [0.1, 0.15) is 0 Å². The van der Waals surface area contributed by atoms with E-state index in [1.165, 1.54) is 66.1 Å². The maximum Gasteiger partial charge on any atom is 0.0488 e. The molecule has 3 nitrogen and oxygen atoms in total. The minimum Gasteiger partial charge on any atom is -0.344 e. The predicted octanol–water partition coefficient (Wildman–Crippen LogP) is 18.2. The fourth-order valence-electron chi connectivity index (χ4n) is 6.55. The van der Waals surface area contributed by atoms with Crippen molar-refractivity contribution in [1.29, 1.82) is 0 Å². The molecule has 6 aromatic carbocycles. The van der Waals surface area contributed by atoms with Crippen molar-refractivity contribution in [2.45, 2.75) is 117 Å². The van der Waals surface area contributed by atoms with Crippen molar-refractivity contribution in [2.75, 3.05) is 11.9 Å². The van der Waals surface area contributed by atoms with Crippen LogP contribution in [0.2, 0.25) is 0 Å². The van der Waals surface area contributed by atoms with Gasteiger partial charge in [0.05, 0.1) is 0 Å². The van der Waals surface area contributed by atoms with Crippen LogP contribution >= 0.6 is 0 Å². The van der Waals surface area contributed by atoms with Crippen LogP contribution in [0.25, 0.3) is 43.6 Å². The Balaban J connectivity index is 0. The molecule has 9 rings (SSSR count). The van der Waals surface area contributed by atoms with Gasteiger partial charge in [-0.1, -0.05) is 220 Å². The molecule has 322 valence electrons. The summed E-state index contributed by atoms with van der Waals surface area (Å²) in [6.45, 7) is 32.0. The number of aryl methyl sites for hydroxylation is 2. The number of hydrogen-bond acceptors (Lipinski definition) is 1. The van der Waals surface area contributed by atoms with Crippen LogP contribution < -0.4 is 4.90 Å². The Bertz CT molecular complexity index is 1950. The largest absolute Gasteiger partial charge is 0.344 e. The van der Waals surface area contributed by atoms with Gasteiger partial charge in [0.2, 0.25) is 0 Å². The summed E-state index contributed by atoms with van der Waals surface area (Å²) in [7, 11) is 6.37. The van der Waals surface area contributed by atoms with Gasteiger partial charge in [-0.25, -0.2) is 0 Å². The lowest BCUT2D eigenvalue weighted by Gasteiger charge is -2.29. The van der Waals surface area contributed by atoms with Crippen molar-refractivity contribution < 1.29 is 0 Å². The standard InChI is InChI=1S/C14H13N.2C13H11N.8C2H6/c1-15-13-8-4-2-6-11(13)10-12-7-3-5-9-14(12)15;2*1-14-12-8-4-2-6-10(12)11-7-3-5-9-13(11)14;8*1-2/h2-9H,10H2,1H3;2*2-9H,1H3;8*1-2H3. The monoisotopic (exact) mass is 798 g/mol. The Morgan fingerprint density at radius 3 is 0.729 bits per heavy atom. The third-order valence-electron chi connectivity index (χ3n) is 8.73. The summed E-state index contributed by atoms with van der Waals surface area (Å²) in [5.41, 5.74) is 10.7. The van der Waals surface area contributed by atoms with E-state index in [9.17, 15) is 0 Å². The topological polar surface area (TPSA) is 13.1 Å². The second-order valence-electron chi connectivity index (χ2n) is 11.2. The van der Waals surface area contributed by atoms with Gasteiger partial charge in [-0.3, -0.25) is 0 Å². The van der Waals surface area contributed by atoms with Crippen LogP contribution in [0.5, 0.6) is 0 Å². The first kappa shape index (κ1) is 55.8. The third kappa shape index (κ3) is 14.5. The highest BCUT2D eigenvalue weighted by atomic mass is 15.1. The van der Waals surface area contributed by atoms with Crippen molar-refractivity contribution in [2.24, 2.45) is 14.1 Å². The molecule has 2 aromatic heterocycles. The zero-order valence-corrected chi connectivity index (χ0v) is 40.9. The summed E-state index contributed by atoms with van der Waals surface area (Å²) < 4.78 is 4.48. The molecule has 0 spiro atoms. The van der Waals surface area contributed by atoms with Crippen LogP contribution in [0.1, 0.15) is 122 Å².